The number of aromatic nitrogens is 3. The van der Waals surface area contributed by atoms with Gasteiger partial charge in [-0.1, -0.05) is 42.5 Å². The fourth-order valence-electron chi connectivity index (χ4n) is 2.62. The van der Waals surface area contributed by atoms with E-state index < -0.39 is 0 Å². The van der Waals surface area contributed by atoms with Gasteiger partial charge in [0, 0.05) is 5.56 Å². The van der Waals surface area contributed by atoms with Crippen molar-refractivity contribution in [3.63, 3.8) is 0 Å². The number of hydrogen-bond donors (Lipinski definition) is 1. The van der Waals surface area contributed by atoms with Crippen LogP contribution in [0.1, 0.15) is 11.4 Å². The van der Waals surface area contributed by atoms with E-state index >= 15 is 0 Å². The number of nitrogens with one attached hydrogen (secondary N) is 1. The molecule has 6 nitrogen and oxygen atoms in total. The van der Waals surface area contributed by atoms with E-state index in [-0.39, 0.29) is 12.5 Å². The first kappa shape index (κ1) is 17.7. The quantitative estimate of drug-likeness (QED) is 0.665. The van der Waals surface area contributed by atoms with E-state index in [1.165, 1.54) is 0 Å². The van der Waals surface area contributed by atoms with Gasteiger partial charge in [0.25, 0.3) is 0 Å². The van der Waals surface area contributed by atoms with Gasteiger partial charge < -0.3 is 10.1 Å². The maximum absolute atomic E-state index is 12.2. The lowest BCUT2D eigenvalue weighted by molar-refractivity contribution is -0.121. The van der Waals surface area contributed by atoms with Gasteiger partial charge >= 0.3 is 0 Å². The van der Waals surface area contributed by atoms with Crippen LogP contribution in [0.25, 0.3) is 11.4 Å². The highest BCUT2D eigenvalue weighted by Gasteiger charge is 2.12. The molecule has 0 aliphatic heterocycles. The summed E-state index contributed by atoms with van der Waals surface area (Å²) in [5.74, 6) is 2.01. The molecular formula is C20H22N4O2. The van der Waals surface area contributed by atoms with Gasteiger partial charge in [-0.3, -0.25) is 4.79 Å². The third-order valence-electron chi connectivity index (χ3n) is 3.79. The highest BCUT2D eigenvalue weighted by Crippen LogP contribution is 2.16. The number of carbonyl (C=O) groups excluding carboxylic acids is 1. The van der Waals surface area contributed by atoms with Crippen molar-refractivity contribution in [3.05, 3.63) is 66.0 Å². The summed E-state index contributed by atoms with van der Waals surface area (Å²) in [4.78, 5) is 16.6. The van der Waals surface area contributed by atoms with E-state index in [2.05, 4.69) is 15.4 Å². The minimum atomic E-state index is -0.125. The third kappa shape index (κ3) is 4.69. The molecule has 1 N–H and O–H groups in total. The standard InChI is InChI=1S/C20H22N4O2/c1-15-7-6-10-18(13-15)26-12-11-21-19(25)14-24-20(22-16(2)23-24)17-8-4-3-5-9-17/h3-10,13H,11-12,14H2,1-2H3,(H,21,25). The fraction of sp³-hybridized carbons (Fsp3) is 0.250. The summed E-state index contributed by atoms with van der Waals surface area (Å²) >= 11 is 0. The Balaban J connectivity index is 1.52. The molecule has 134 valence electrons. The summed E-state index contributed by atoms with van der Waals surface area (Å²) in [5.41, 5.74) is 2.07. The van der Waals surface area contributed by atoms with Crippen molar-refractivity contribution >= 4 is 5.91 Å². The van der Waals surface area contributed by atoms with Gasteiger partial charge in [-0.2, -0.15) is 5.10 Å². The zero-order valence-electron chi connectivity index (χ0n) is 15.0. The number of aryl methyl sites for hydroxylation is 2. The van der Waals surface area contributed by atoms with Crippen LogP contribution >= 0.6 is 0 Å². The monoisotopic (exact) mass is 350 g/mol. The molecule has 0 aliphatic carbocycles. The molecule has 1 aromatic heterocycles. The molecule has 26 heavy (non-hydrogen) atoms. The van der Waals surface area contributed by atoms with E-state index in [4.69, 9.17) is 4.74 Å². The van der Waals surface area contributed by atoms with E-state index in [1.807, 2.05) is 68.4 Å². The number of nitrogens with zero attached hydrogens (tertiary/aromatic N) is 3. The Kier molecular flexibility index (Phi) is 5.63. The van der Waals surface area contributed by atoms with Crippen molar-refractivity contribution < 1.29 is 9.53 Å². The molecule has 3 rings (SSSR count). The van der Waals surface area contributed by atoms with Crippen LogP contribution in [0.15, 0.2) is 54.6 Å². The molecular weight excluding hydrogens is 328 g/mol. The molecule has 2 aromatic carbocycles. The van der Waals surface area contributed by atoms with Gasteiger partial charge in [0.2, 0.25) is 5.91 Å². The van der Waals surface area contributed by atoms with E-state index in [0.717, 1.165) is 16.9 Å². The molecule has 0 spiro atoms. The van der Waals surface area contributed by atoms with Crippen LogP contribution in [0.3, 0.4) is 0 Å². The van der Waals surface area contributed by atoms with Crippen molar-refractivity contribution in [2.75, 3.05) is 13.2 Å². The molecule has 6 heteroatoms. The minimum Gasteiger partial charge on any atom is -0.492 e. The molecule has 1 heterocycles. The van der Waals surface area contributed by atoms with Gasteiger partial charge in [0.15, 0.2) is 5.82 Å². The van der Waals surface area contributed by atoms with Crippen LogP contribution in [0.5, 0.6) is 5.75 Å². The highest BCUT2D eigenvalue weighted by atomic mass is 16.5. The Morgan fingerprint density at radius 1 is 1.12 bits per heavy atom. The van der Waals surface area contributed by atoms with Gasteiger partial charge in [-0.05, 0) is 31.5 Å². The molecule has 0 unspecified atom stereocenters. The average Bonchev–Trinajstić information content (AvgIpc) is 3.00. The zero-order valence-corrected chi connectivity index (χ0v) is 15.0. The van der Waals surface area contributed by atoms with Gasteiger partial charge in [0.1, 0.15) is 24.7 Å². The van der Waals surface area contributed by atoms with Crippen molar-refractivity contribution in [3.8, 4) is 17.1 Å². The molecule has 1 amide bonds. The summed E-state index contributed by atoms with van der Waals surface area (Å²) in [6.45, 7) is 4.79. The molecule has 0 fully saturated rings. The van der Waals surface area contributed by atoms with E-state index in [1.54, 1.807) is 4.68 Å². The Morgan fingerprint density at radius 3 is 2.69 bits per heavy atom. The van der Waals surface area contributed by atoms with Crippen molar-refractivity contribution in [1.29, 1.82) is 0 Å². The first-order chi connectivity index (χ1) is 12.6. The highest BCUT2D eigenvalue weighted by molar-refractivity contribution is 5.76. The number of hydrogen-bond acceptors (Lipinski definition) is 4. The van der Waals surface area contributed by atoms with Gasteiger partial charge in [-0.15, -0.1) is 0 Å². The molecule has 3 aromatic rings. The molecule has 0 saturated carbocycles. The smallest absolute Gasteiger partial charge is 0.241 e. The average molecular weight is 350 g/mol. The number of benzene rings is 2. The maximum atomic E-state index is 12.2. The predicted molar refractivity (Wildman–Crippen MR) is 99.9 cm³/mol. The van der Waals surface area contributed by atoms with Crippen LogP contribution < -0.4 is 10.1 Å². The van der Waals surface area contributed by atoms with Crippen LogP contribution in [0, 0.1) is 13.8 Å². The first-order valence-electron chi connectivity index (χ1n) is 8.55. The minimum absolute atomic E-state index is 0.121. The van der Waals surface area contributed by atoms with Gasteiger partial charge in [0.05, 0.1) is 6.54 Å². The summed E-state index contributed by atoms with van der Waals surface area (Å²) in [7, 11) is 0. The lowest BCUT2D eigenvalue weighted by Gasteiger charge is -2.09. The number of carbonyl (C=O) groups is 1. The van der Waals surface area contributed by atoms with Crippen LogP contribution in [0.4, 0.5) is 0 Å². The summed E-state index contributed by atoms with van der Waals surface area (Å²) in [6, 6.07) is 17.5. The predicted octanol–water partition coefficient (Wildman–Crippen LogP) is 2.76. The number of ether oxygens (including phenoxy) is 1. The summed E-state index contributed by atoms with van der Waals surface area (Å²) < 4.78 is 7.26. The lowest BCUT2D eigenvalue weighted by atomic mass is 10.2. The second kappa shape index (κ2) is 8.29. The largest absolute Gasteiger partial charge is 0.492 e. The van der Waals surface area contributed by atoms with E-state index in [9.17, 15) is 4.79 Å². The van der Waals surface area contributed by atoms with Crippen molar-refractivity contribution in [2.45, 2.75) is 20.4 Å². The zero-order chi connectivity index (χ0) is 18.4. The van der Waals surface area contributed by atoms with Crippen LogP contribution in [0.2, 0.25) is 0 Å². The second-order valence-corrected chi connectivity index (χ2v) is 6.02. The number of rotatable bonds is 7. The van der Waals surface area contributed by atoms with Crippen molar-refractivity contribution in [1.82, 2.24) is 20.1 Å². The summed E-state index contributed by atoms with van der Waals surface area (Å²) in [5, 5.41) is 7.18. The fourth-order valence-corrected chi connectivity index (χ4v) is 2.62. The number of amides is 1. The topological polar surface area (TPSA) is 69.0 Å². The molecule has 0 bridgehead atoms. The molecule has 0 atom stereocenters. The van der Waals surface area contributed by atoms with Gasteiger partial charge in [-0.25, -0.2) is 9.67 Å². The first-order valence-corrected chi connectivity index (χ1v) is 8.55. The lowest BCUT2D eigenvalue weighted by Crippen LogP contribution is -2.31. The SMILES string of the molecule is Cc1cccc(OCCNC(=O)Cn2nc(C)nc2-c2ccccc2)c1. The molecule has 0 aliphatic rings. The maximum Gasteiger partial charge on any atom is 0.241 e. The second-order valence-electron chi connectivity index (χ2n) is 6.02. The third-order valence-corrected chi connectivity index (χ3v) is 3.79. The Bertz CT molecular complexity index is 875. The Hall–Kier alpha value is -3.15. The Labute approximate surface area is 152 Å². The van der Waals surface area contributed by atoms with E-state index in [0.29, 0.717) is 24.8 Å². The van der Waals surface area contributed by atoms with Crippen LogP contribution in [-0.4, -0.2) is 33.8 Å². The Morgan fingerprint density at radius 2 is 1.92 bits per heavy atom. The molecule has 0 saturated heterocycles. The normalized spacial score (nSPS) is 10.5. The summed E-state index contributed by atoms with van der Waals surface area (Å²) in [6.07, 6.45) is 0. The van der Waals surface area contributed by atoms with Crippen LogP contribution in [-0.2, 0) is 11.3 Å². The van der Waals surface area contributed by atoms with Crippen molar-refractivity contribution in [2.24, 2.45) is 0 Å². The molecule has 0 radical (unpaired) electrons.